The Morgan fingerprint density at radius 2 is 1.63 bits per heavy atom. The van der Waals surface area contributed by atoms with E-state index in [4.69, 9.17) is 28.0 Å². The predicted molar refractivity (Wildman–Crippen MR) is 130 cm³/mol. The molecule has 1 saturated carbocycles. The van der Waals surface area contributed by atoms with Crippen molar-refractivity contribution in [2.75, 3.05) is 20.7 Å². The summed E-state index contributed by atoms with van der Waals surface area (Å²) in [4.78, 5) is 50.2. The minimum Gasteiger partial charge on any atom is -0.438 e. The number of nitrogens with one attached hydrogen (secondary N) is 1. The Bertz CT molecular complexity index is 1180. The number of carbonyl (C=O) groups excluding carboxylic acids is 2. The van der Waals surface area contributed by atoms with E-state index in [1.165, 1.54) is 13.3 Å². The highest BCUT2D eigenvalue weighted by atomic mass is 31.2. The smallest absolute Gasteiger partial charge is 0.342 e. The highest BCUT2D eigenvalue weighted by molar-refractivity contribution is 7.55. The van der Waals surface area contributed by atoms with Crippen LogP contribution in [0.3, 0.4) is 0 Å². The van der Waals surface area contributed by atoms with Gasteiger partial charge in [-0.15, -0.1) is 0 Å². The number of nitrogens with zero attached hydrogens (tertiary/aromatic N) is 1. The van der Waals surface area contributed by atoms with E-state index in [2.05, 4.69) is 4.98 Å². The summed E-state index contributed by atoms with van der Waals surface area (Å²) in [6.45, 7) is 8.28. The molecule has 2 aliphatic rings. The lowest BCUT2D eigenvalue weighted by Gasteiger charge is -2.24. The van der Waals surface area contributed by atoms with Crippen molar-refractivity contribution in [1.82, 2.24) is 9.55 Å². The lowest BCUT2D eigenvalue weighted by molar-refractivity contribution is -0.162. The standard InChI is InChI=1S/C23H35N2O12P/c1-21(2,3)18(28)33-11-35-38(31,36-12-34-19(29)22(4,5)6)13-10-23(13)16(27)15(32-7)17(37-23)25-9-8-14(26)24-20(25)30/h8-9,13,15-17,27H,10-12H2,1-7H3,(H,24,26,30)/t13?,15-,16+,17-,23-/m1/s1. The van der Waals surface area contributed by atoms with Crippen LogP contribution in [0.25, 0.3) is 0 Å². The maximum Gasteiger partial charge on any atom is 0.342 e. The summed E-state index contributed by atoms with van der Waals surface area (Å²) >= 11 is 0. The fourth-order valence-electron chi connectivity index (χ4n) is 3.91. The number of methoxy groups -OCH3 is 1. The molecule has 214 valence electrons. The minimum absolute atomic E-state index is 0.0413. The molecule has 15 heteroatoms. The third-order valence-electron chi connectivity index (χ3n) is 6.20. The monoisotopic (exact) mass is 562 g/mol. The molecule has 1 spiro atoms. The fraction of sp³-hybridized carbons (Fsp3) is 0.739. The van der Waals surface area contributed by atoms with Crippen molar-refractivity contribution < 1.29 is 47.3 Å². The quantitative estimate of drug-likeness (QED) is 0.250. The van der Waals surface area contributed by atoms with E-state index >= 15 is 0 Å². The summed E-state index contributed by atoms with van der Waals surface area (Å²) in [5, 5.41) is 11.1. The van der Waals surface area contributed by atoms with Crippen molar-refractivity contribution in [2.24, 2.45) is 10.8 Å². The highest BCUT2D eigenvalue weighted by Crippen LogP contribution is 2.72. The van der Waals surface area contributed by atoms with Gasteiger partial charge in [0.2, 0.25) is 13.6 Å². The van der Waals surface area contributed by atoms with Gasteiger partial charge in [-0.05, 0) is 48.0 Å². The summed E-state index contributed by atoms with van der Waals surface area (Å²) in [6.07, 6.45) is -2.52. The number of carbonyl (C=O) groups is 2. The fourth-order valence-corrected chi connectivity index (χ4v) is 6.00. The van der Waals surface area contributed by atoms with E-state index in [9.17, 15) is 28.8 Å². The van der Waals surface area contributed by atoms with Crippen LogP contribution < -0.4 is 11.2 Å². The van der Waals surface area contributed by atoms with Gasteiger partial charge >= 0.3 is 25.2 Å². The Morgan fingerprint density at radius 3 is 2.08 bits per heavy atom. The van der Waals surface area contributed by atoms with Crippen LogP contribution in [0, 0.1) is 10.8 Å². The molecule has 14 nitrogen and oxygen atoms in total. The van der Waals surface area contributed by atoms with E-state index < -0.39 is 84.9 Å². The van der Waals surface area contributed by atoms with Gasteiger partial charge in [0.15, 0.2) is 6.23 Å². The molecule has 1 saturated heterocycles. The topological polar surface area (TPSA) is 182 Å². The van der Waals surface area contributed by atoms with E-state index in [1.807, 2.05) is 0 Å². The van der Waals surface area contributed by atoms with Crippen LogP contribution in [0.1, 0.15) is 54.2 Å². The molecule has 1 unspecified atom stereocenters. The van der Waals surface area contributed by atoms with Crippen molar-refractivity contribution in [3.05, 3.63) is 33.1 Å². The molecule has 1 aliphatic heterocycles. The van der Waals surface area contributed by atoms with Crippen LogP contribution in [0.5, 0.6) is 0 Å². The van der Waals surface area contributed by atoms with Gasteiger partial charge in [-0.2, -0.15) is 0 Å². The number of rotatable bonds is 9. The maximum absolute atomic E-state index is 13.9. The third kappa shape index (κ3) is 6.11. The second-order valence-corrected chi connectivity index (χ2v) is 13.5. The maximum atomic E-state index is 13.9. The molecule has 5 atom stereocenters. The number of esters is 2. The molecule has 2 heterocycles. The molecule has 0 bridgehead atoms. The number of ether oxygens (including phenoxy) is 4. The van der Waals surface area contributed by atoms with Gasteiger partial charge in [-0.1, -0.05) is 0 Å². The first-order valence-electron chi connectivity index (χ1n) is 11.9. The summed E-state index contributed by atoms with van der Waals surface area (Å²) in [5.74, 6) is -1.24. The van der Waals surface area contributed by atoms with Crippen LogP contribution in [0.2, 0.25) is 0 Å². The number of aliphatic hydroxyl groups is 1. The molecule has 0 radical (unpaired) electrons. The Kier molecular flexibility index (Phi) is 8.48. The van der Waals surface area contributed by atoms with Crippen molar-refractivity contribution >= 4 is 19.5 Å². The molecule has 38 heavy (non-hydrogen) atoms. The highest BCUT2D eigenvalue weighted by Gasteiger charge is 2.76. The predicted octanol–water partition coefficient (Wildman–Crippen LogP) is 1.27. The normalized spacial score (nSPS) is 27.4. The van der Waals surface area contributed by atoms with Crippen LogP contribution in [-0.2, 0) is 42.1 Å². The minimum atomic E-state index is -4.26. The Balaban J connectivity index is 1.83. The van der Waals surface area contributed by atoms with E-state index in [0.29, 0.717) is 0 Å². The van der Waals surface area contributed by atoms with Crippen LogP contribution >= 0.6 is 7.60 Å². The molecule has 1 aliphatic carbocycles. The van der Waals surface area contributed by atoms with Crippen molar-refractivity contribution in [2.45, 2.75) is 77.7 Å². The second-order valence-electron chi connectivity index (χ2n) is 11.2. The largest absolute Gasteiger partial charge is 0.438 e. The molecule has 3 rings (SSSR count). The van der Waals surface area contributed by atoms with Gasteiger partial charge in [0, 0.05) is 19.4 Å². The van der Waals surface area contributed by atoms with Gasteiger partial charge < -0.3 is 24.1 Å². The van der Waals surface area contributed by atoms with E-state index in [1.54, 1.807) is 41.5 Å². The first kappa shape index (κ1) is 30.2. The third-order valence-corrected chi connectivity index (χ3v) is 8.51. The summed E-state index contributed by atoms with van der Waals surface area (Å²) in [6, 6.07) is 1.10. The first-order valence-corrected chi connectivity index (χ1v) is 13.5. The number of aliphatic hydroxyl groups excluding tert-OH is 1. The number of H-pyrrole nitrogens is 1. The molecule has 2 N–H and O–H groups in total. The van der Waals surface area contributed by atoms with Crippen molar-refractivity contribution in [3.63, 3.8) is 0 Å². The number of hydrogen-bond donors (Lipinski definition) is 2. The Labute approximate surface area is 219 Å². The second kappa shape index (κ2) is 10.7. The summed E-state index contributed by atoms with van der Waals surface area (Å²) in [5.41, 5.74) is -5.76. The van der Waals surface area contributed by atoms with Gasteiger partial charge in [0.05, 0.1) is 16.5 Å². The number of aromatic amines is 1. The van der Waals surface area contributed by atoms with E-state index in [0.717, 1.165) is 10.6 Å². The number of hydrogen-bond acceptors (Lipinski definition) is 12. The molecular formula is C23H35N2O12P. The lowest BCUT2D eigenvalue weighted by atomic mass is 9.98. The van der Waals surface area contributed by atoms with Crippen molar-refractivity contribution in [1.29, 1.82) is 0 Å². The van der Waals surface area contributed by atoms with Crippen molar-refractivity contribution in [3.8, 4) is 0 Å². The molecule has 2 fully saturated rings. The average molecular weight is 563 g/mol. The zero-order valence-electron chi connectivity index (χ0n) is 22.4. The Hall–Kier alpha value is -2.35. The molecular weight excluding hydrogens is 527 g/mol. The van der Waals surface area contributed by atoms with Crippen LogP contribution in [-0.4, -0.2) is 70.8 Å². The average Bonchev–Trinajstić information content (AvgIpc) is 3.47. The zero-order valence-corrected chi connectivity index (χ0v) is 23.3. The van der Waals surface area contributed by atoms with Gasteiger partial charge in [-0.25, -0.2) is 4.79 Å². The van der Waals surface area contributed by atoms with Gasteiger partial charge in [-0.3, -0.25) is 37.5 Å². The molecule has 1 aromatic rings. The van der Waals surface area contributed by atoms with Crippen LogP contribution in [0.15, 0.2) is 21.9 Å². The molecule has 0 amide bonds. The van der Waals surface area contributed by atoms with Crippen LogP contribution in [0.4, 0.5) is 0 Å². The van der Waals surface area contributed by atoms with Gasteiger partial charge in [0.25, 0.3) is 5.56 Å². The van der Waals surface area contributed by atoms with E-state index in [-0.39, 0.29) is 6.42 Å². The summed E-state index contributed by atoms with van der Waals surface area (Å²) < 4.78 is 47.3. The first-order chi connectivity index (χ1) is 17.5. The Morgan fingerprint density at radius 1 is 1.11 bits per heavy atom. The lowest BCUT2D eigenvalue weighted by Crippen LogP contribution is -2.39. The zero-order chi connectivity index (χ0) is 28.7. The SMILES string of the molecule is CO[C@H]1[C@H](n2ccc(=O)[nH]c2=O)O[C@@]2(CC2P(=O)(OCOC(=O)C(C)(C)C)OCOC(=O)C(C)(C)C)[C@H]1O. The molecule has 0 aromatic carbocycles. The summed E-state index contributed by atoms with van der Waals surface area (Å²) in [7, 11) is -2.97. The van der Waals surface area contributed by atoms with Gasteiger partial charge in [0.1, 0.15) is 17.8 Å². The number of aromatic nitrogens is 2. The molecule has 1 aromatic heterocycles.